The minimum atomic E-state index is -0.574. The molecule has 0 saturated carbocycles. The number of thioether (sulfide) groups is 1. The van der Waals surface area contributed by atoms with E-state index in [0.29, 0.717) is 34.6 Å². The average molecular weight is 465 g/mol. The number of rotatable bonds is 9. The van der Waals surface area contributed by atoms with Gasteiger partial charge in [0.05, 0.1) is 0 Å². The molecule has 0 amide bonds. The minimum Gasteiger partial charge on any atom is -0.489 e. The first kappa shape index (κ1) is 22.5. The Balaban J connectivity index is 1.64. The Morgan fingerprint density at radius 1 is 1.03 bits per heavy atom. The maximum absolute atomic E-state index is 13.4. The highest BCUT2D eigenvalue weighted by Crippen LogP contribution is 2.40. The van der Waals surface area contributed by atoms with Gasteiger partial charge in [0.25, 0.3) is 0 Å². The number of ether oxygens (including phenoxy) is 1. The highest BCUT2D eigenvalue weighted by Gasteiger charge is 2.26. The molecule has 0 aliphatic carbocycles. The monoisotopic (exact) mass is 464 g/mol. The standard InChI is InChI=1S/C24H21FN4O3S/c1-17-26-27-24(29(17)20-13-11-19(25)12-14-20)33-23(15-28(30)31)21-9-5-6-10-22(21)32-16-18-7-3-2-4-8-18/h2-14,23H,15-16H2,1H3/t23-/m1/s1. The first-order valence-electron chi connectivity index (χ1n) is 10.2. The van der Waals surface area contributed by atoms with Gasteiger partial charge in [0.1, 0.15) is 29.2 Å². The number of halogens is 1. The van der Waals surface area contributed by atoms with E-state index in [-0.39, 0.29) is 17.3 Å². The molecule has 0 saturated heterocycles. The lowest BCUT2D eigenvalue weighted by molar-refractivity contribution is -0.479. The number of aromatic nitrogens is 3. The van der Waals surface area contributed by atoms with E-state index in [0.717, 1.165) is 5.56 Å². The summed E-state index contributed by atoms with van der Waals surface area (Å²) in [6, 6.07) is 23.0. The second kappa shape index (κ2) is 10.3. The topological polar surface area (TPSA) is 83.1 Å². The summed E-state index contributed by atoms with van der Waals surface area (Å²) >= 11 is 1.23. The van der Waals surface area contributed by atoms with Crippen LogP contribution >= 0.6 is 11.8 Å². The van der Waals surface area contributed by atoms with Crippen LogP contribution in [-0.4, -0.2) is 26.2 Å². The van der Waals surface area contributed by atoms with Gasteiger partial charge >= 0.3 is 0 Å². The lowest BCUT2D eigenvalue weighted by Gasteiger charge is -2.18. The molecule has 4 rings (SSSR count). The van der Waals surface area contributed by atoms with E-state index in [9.17, 15) is 14.5 Å². The van der Waals surface area contributed by atoms with Crippen molar-refractivity contribution in [3.05, 3.63) is 112 Å². The van der Waals surface area contributed by atoms with Crippen LogP contribution in [-0.2, 0) is 6.61 Å². The largest absolute Gasteiger partial charge is 0.489 e. The lowest BCUT2D eigenvalue weighted by atomic mass is 10.1. The van der Waals surface area contributed by atoms with E-state index in [2.05, 4.69) is 10.2 Å². The Hall–Kier alpha value is -3.72. The zero-order chi connectivity index (χ0) is 23.2. The van der Waals surface area contributed by atoms with Crippen LogP contribution in [0.2, 0.25) is 0 Å². The minimum absolute atomic E-state index is 0.328. The third-order valence-corrected chi connectivity index (χ3v) is 6.11. The van der Waals surface area contributed by atoms with Crippen LogP contribution in [0.5, 0.6) is 5.75 Å². The van der Waals surface area contributed by atoms with Gasteiger partial charge in [-0.15, -0.1) is 10.2 Å². The molecular formula is C24H21FN4O3S. The predicted octanol–water partition coefficient (Wildman–Crippen LogP) is 5.40. The molecule has 1 heterocycles. The molecule has 0 aliphatic heterocycles. The first-order chi connectivity index (χ1) is 16.0. The molecule has 33 heavy (non-hydrogen) atoms. The van der Waals surface area contributed by atoms with Gasteiger partial charge in [0.15, 0.2) is 5.16 Å². The van der Waals surface area contributed by atoms with Crippen LogP contribution in [0.15, 0.2) is 84.0 Å². The number of hydrogen-bond acceptors (Lipinski definition) is 6. The fourth-order valence-electron chi connectivity index (χ4n) is 3.38. The summed E-state index contributed by atoms with van der Waals surface area (Å²) in [4.78, 5) is 11.2. The molecule has 0 bridgehead atoms. The van der Waals surface area contributed by atoms with Crippen molar-refractivity contribution in [3.63, 3.8) is 0 Å². The van der Waals surface area contributed by atoms with Crippen molar-refractivity contribution < 1.29 is 14.1 Å². The zero-order valence-corrected chi connectivity index (χ0v) is 18.6. The van der Waals surface area contributed by atoms with Gasteiger partial charge < -0.3 is 4.74 Å². The third kappa shape index (κ3) is 5.56. The maximum Gasteiger partial charge on any atom is 0.220 e. The normalized spacial score (nSPS) is 11.8. The second-order valence-corrected chi connectivity index (χ2v) is 8.45. The van der Waals surface area contributed by atoms with Crippen LogP contribution in [0.4, 0.5) is 4.39 Å². The van der Waals surface area contributed by atoms with Gasteiger partial charge in [0, 0.05) is 16.2 Å². The Morgan fingerprint density at radius 2 is 1.73 bits per heavy atom. The number of aryl methyl sites for hydroxylation is 1. The van der Waals surface area contributed by atoms with Crippen molar-refractivity contribution in [1.82, 2.24) is 14.8 Å². The second-order valence-electron chi connectivity index (χ2n) is 7.28. The molecule has 0 fully saturated rings. The van der Waals surface area contributed by atoms with Crippen LogP contribution in [0, 0.1) is 22.9 Å². The summed E-state index contributed by atoms with van der Waals surface area (Å²) in [6.07, 6.45) is 0. The third-order valence-electron chi connectivity index (χ3n) is 4.95. The highest BCUT2D eigenvalue weighted by molar-refractivity contribution is 7.99. The van der Waals surface area contributed by atoms with Crippen molar-refractivity contribution >= 4 is 11.8 Å². The van der Waals surface area contributed by atoms with Crippen molar-refractivity contribution in [3.8, 4) is 11.4 Å². The summed E-state index contributed by atoms with van der Waals surface area (Å²) in [5.74, 6) is 0.817. The van der Waals surface area contributed by atoms with Crippen molar-refractivity contribution in [2.24, 2.45) is 0 Å². The van der Waals surface area contributed by atoms with E-state index in [4.69, 9.17) is 4.74 Å². The average Bonchev–Trinajstić information content (AvgIpc) is 3.18. The van der Waals surface area contributed by atoms with Crippen LogP contribution in [0.3, 0.4) is 0 Å². The van der Waals surface area contributed by atoms with Gasteiger partial charge in [0.2, 0.25) is 6.54 Å². The van der Waals surface area contributed by atoms with Crippen molar-refractivity contribution in [1.29, 1.82) is 0 Å². The molecule has 7 nitrogen and oxygen atoms in total. The van der Waals surface area contributed by atoms with Gasteiger partial charge in [-0.1, -0.05) is 60.3 Å². The number of nitro groups is 1. The Bertz CT molecular complexity index is 1230. The molecule has 0 radical (unpaired) electrons. The Morgan fingerprint density at radius 3 is 2.45 bits per heavy atom. The molecule has 168 valence electrons. The van der Waals surface area contributed by atoms with E-state index < -0.39 is 5.25 Å². The van der Waals surface area contributed by atoms with Crippen LogP contribution in [0.25, 0.3) is 5.69 Å². The summed E-state index contributed by atoms with van der Waals surface area (Å²) in [7, 11) is 0. The number of para-hydroxylation sites is 1. The van der Waals surface area contributed by atoms with Gasteiger partial charge in [-0.3, -0.25) is 14.7 Å². The molecule has 9 heteroatoms. The fraction of sp³-hybridized carbons (Fsp3) is 0.167. The molecule has 1 aromatic heterocycles. The van der Waals surface area contributed by atoms with E-state index in [1.807, 2.05) is 54.6 Å². The zero-order valence-electron chi connectivity index (χ0n) is 17.8. The highest BCUT2D eigenvalue weighted by atomic mass is 32.2. The Kier molecular flexibility index (Phi) is 6.99. The predicted molar refractivity (Wildman–Crippen MR) is 124 cm³/mol. The molecule has 0 spiro atoms. The SMILES string of the molecule is Cc1nnc(S[C@H](C[N+](=O)[O-])c2ccccc2OCc2ccccc2)n1-c1ccc(F)cc1. The molecule has 3 aromatic carbocycles. The summed E-state index contributed by atoms with van der Waals surface area (Å²) < 4.78 is 21.2. The lowest BCUT2D eigenvalue weighted by Crippen LogP contribution is -2.12. The molecule has 0 unspecified atom stereocenters. The van der Waals surface area contributed by atoms with Crippen molar-refractivity contribution in [2.45, 2.75) is 23.9 Å². The smallest absolute Gasteiger partial charge is 0.220 e. The number of benzene rings is 3. The molecule has 1 atom stereocenters. The number of nitrogens with zero attached hydrogens (tertiary/aromatic N) is 4. The summed E-state index contributed by atoms with van der Waals surface area (Å²) in [5.41, 5.74) is 2.37. The van der Waals surface area contributed by atoms with E-state index >= 15 is 0 Å². The summed E-state index contributed by atoms with van der Waals surface area (Å²) in [6.45, 7) is 1.80. The Labute approximate surface area is 194 Å². The van der Waals surface area contributed by atoms with E-state index in [1.165, 1.54) is 23.9 Å². The fourth-order valence-corrected chi connectivity index (χ4v) is 4.59. The van der Waals surface area contributed by atoms with Gasteiger partial charge in [-0.2, -0.15) is 0 Å². The molecule has 0 aliphatic rings. The van der Waals surface area contributed by atoms with E-state index in [1.54, 1.807) is 23.6 Å². The first-order valence-corrected chi connectivity index (χ1v) is 11.1. The quantitative estimate of drug-likeness (QED) is 0.187. The van der Waals surface area contributed by atoms with Crippen LogP contribution in [0.1, 0.15) is 22.2 Å². The van der Waals surface area contributed by atoms with Crippen LogP contribution < -0.4 is 4.74 Å². The van der Waals surface area contributed by atoms with Gasteiger partial charge in [-0.25, -0.2) is 4.39 Å². The van der Waals surface area contributed by atoms with Gasteiger partial charge in [-0.05, 0) is 42.8 Å². The summed E-state index contributed by atoms with van der Waals surface area (Å²) in [5, 5.41) is 19.8. The molecule has 0 N–H and O–H groups in total. The molecule has 4 aromatic rings. The maximum atomic E-state index is 13.4. The van der Waals surface area contributed by atoms with Crippen molar-refractivity contribution in [2.75, 3.05) is 6.54 Å². The molecular weight excluding hydrogens is 443 g/mol. The number of hydrogen-bond donors (Lipinski definition) is 0.